The van der Waals surface area contributed by atoms with Crippen molar-refractivity contribution in [3.05, 3.63) is 74.2 Å². The Kier molecular flexibility index (Phi) is 7.17. The average Bonchev–Trinajstić information content (AvgIpc) is 3.46. The molecule has 34 heavy (non-hydrogen) atoms. The number of rotatable bonds is 7. The number of aromatic nitrogens is 1. The van der Waals surface area contributed by atoms with Gasteiger partial charge < -0.3 is 10.6 Å². The summed E-state index contributed by atoms with van der Waals surface area (Å²) in [5.41, 5.74) is 8.99. The molecule has 0 unspecified atom stereocenters. The topological polar surface area (TPSA) is 113 Å². The van der Waals surface area contributed by atoms with Gasteiger partial charge in [0, 0.05) is 71.4 Å². The molecule has 0 aliphatic carbocycles. The molecule has 0 bridgehead atoms. The van der Waals surface area contributed by atoms with Gasteiger partial charge in [-0.3, -0.25) is 9.98 Å². The molecule has 12 heteroatoms. The summed E-state index contributed by atoms with van der Waals surface area (Å²) >= 11 is 7.87. The molecule has 1 saturated heterocycles. The first kappa shape index (κ1) is 24.5. The predicted molar refractivity (Wildman–Crippen MR) is 134 cm³/mol. The van der Waals surface area contributed by atoms with E-state index < -0.39 is 21.9 Å². The maximum absolute atomic E-state index is 13.8. The number of nitrogens with one attached hydrogen (secondary N) is 1. The molecular weight excluding hydrogens is 499 g/mol. The maximum Gasteiger partial charge on any atom is 0.211 e. The van der Waals surface area contributed by atoms with Crippen molar-refractivity contribution in [3.63, 3.8) is 0 Å². The van der Waals surface area contributed by atoms with Crippen molar-refractivity contribution in [2.45, 2.75) is 25.4 Å². The largest absolute Gasteiger partial charge is 0.398 e. The Hall–Kier alpha value is -2.60. The number of sulfonamides is 1. The lowest BCUT2D eigenvalue weighted by molar-refractivity contribution is 0.512. The van der Waals surface area contributed by atoms with Crippen molar-refractivity contribution < 1.29 is 12.8 Å². The van der Waals surface area contributed by atoms with E-state index >= 15 is 0 Å². The second kappa shape index (κ2) is 9.95. The van der Waals surface area contributed by atoms with Crippen LogP contribution >= 0.6 is 22.9 Å². The number of allylic oxidation sites excluding steroid dienone is 1. The highest BCUT2D eigenvalue weighted by Gasteiger charge is 2.41. The van der Waals surface area contributed by atoms with Crippen LogP contribution in [0.1, 0.15) is 30.0 Å². The Morgan fingerprint density at radius 3 is 2.91 bits per heavy atom. The number of benzene rings is 1. The van der Waals surface area contributed by atoms with Crippen LogP contribution in [0.4, 0.5) is 4.39 Å². The van der Waals surface area contributed by atoms with Crippen LogP contribution in [-0.4, -0.2) is 55.7 Å². The quantitative estimate of drug-likeness (QED) is 0.542. The van der Waals surface area contributed by atoms with Gasteiger partial charge in [-0.05, 0) is 25.1 Å². The number of fused-ring (bicyclic) bond motifs is 1. The van der Waals surface area contributed by atoms with Gasteiger partial charge in [-0.2, -0.15) is 0 Å². The number of hydrogen-bond donors (Lipinski definition) is 2. The van der Waals surface area contributed by atoms with E-state index in [1.54, 1.807) is 38.5 Å². The Bertz CT molecular complexity index is 1300. The first-order chi connectivity index (χ1) is 16.2. The standard InChI is InChI=1S/C22H24ClFN6O2S2/c1-3-34(31,32)29-14-11-18-19(17(25)6-7-26-2)20(15-5-4-13(24)10-16(15)23)28-21(30(18)12-14)22-27-8-9-33-22/h4-10,14,20,29H,3,11-12,25H2,1-2H3/t14-,20-/m0/s1. The third-order valence-corrected chi connectivity index (χ3v) is 8.13. The van der Waals surface area contributed by atoms with Crippen molar-refractivity contribution in [2.75, 3.05) is 19.3 Å². The summed E-state index contributed by atoms with van der Waals surface area (Å²) < 4.78 is 41.2. The van der Waals surface area contributed by atoms with Gasteiger partial charge in [0.05, 0.1) is 5.75 Å². The highest BCUT2D eigenvalue weighted by Crippen LogP contribution is 2.44. The maximum atomic E-state index is 13.8. The van der Waals surface area contributed by atoms with Crippen LogP contribution in [0, 0.1) is 5.82 Å². The van der Waals surface area contributed by atoms with Gasteiger partial charge in [0.25, 0.3) is 0 Å². The van der Waals surface area contributed by atoms with Crippen LogP contribution in [0.15, 0.2) is 62.8 Å². The highest BCUT2D eigenvalue weighted by molar-refractivity contribution is 7.89. The monoisotopic (exact) mass is 522 g/mol. The zero-order chi connectivity index (χ0) is 24.5. The summed E-state index contributed by atoms with van der Waals surface area (Å²) in [5.74, 6) is 0.112. The van der Waals surface area contributed by atoms with E-state index in [9.17, 15) is 12.8 Å². The molecule has 8 nitrogen and oxygen atoms in total. The minimum Gasteiger partial charge on any atom is -0.398 e. The highest BCUT2D eigenvalue weighted by atomic mass is 35.5. The fourth-order valence-electron chi connectivity index (χ4n) is 4.06. The van der Waals surface area contributed by atoms with E-state index in [-0.39, 0.29) is 16.8 Å². The summed E-state index contributed by atoms with van der Waals surface area (Å²) in [6, 6.07) is 3.14. The van der Waals surface area contributed by atoms with Crippen LogP contribution in [0.2, 0.25) is 5.02 Å². The van der Waals surface area contributed by atoms with E-state index in [4.69, 9.17) is 22.3 Å². The van der Waals surface area contributed by atoms with Gasteiger partial charge in [0.1, 0.15) is 11.9 Å². The smallest absolute Gasteiger partial charge is 0.211 e. The predicted octanol–water partition coefficient (Wildman–Crippen LogP) is 3.25. The lowest BCUT2D eigenvalue weighted by Crippen LogP contribution is -2.40. The Balaban J connectivity index is 1.91. The van der Waals surface area contributed by atoms with E-state index in [0.29, 0.717) is 40.6 Å². The Labute approximate surface area is 206 Å². The van der Waals surface area contributed by atoms with Crippen LogP contribution < -0.4 is 10.5 Å². The van der Waals surface area contributed by atoms with E-state index in [2.05, 4.69) is 14.7 Å². The third kappa shape index (κ3) is 4.92. The molecule has 3 N–H and O–H groups in total. The van der Waals surface area contributed by atoms with Crippen LogP contribution in [-0.2, 0) is 10.0 Å². The average molecular weight is 523 g/mol. The summed E-state index contributed by atoms with van der Waals surface area (Å²) in [7, 11) is -1.80. The molecule has 2 aliphatic heterocycles. The van der Waals surface area contributed by atoms with Crippen molar-refractivity contribution in [3.8, 4) is 0 Å². The van der Waals surface area contributed by atoms with Gasteiger partial charge in [0.2, 0.25) is 10.0 Å². The lowest BCUT2D eigenvalue weighted by Gasteiger charge is -2.33. The number of thiazole rings is 1. The molecular formula is C22H24ClFN6O2S2. The molecule has 1 fully saturated rings. The molecule has 2 aromatic rings. The second-order valence-electron chi connectivity index (χ2n) is 7.78. The van der Waals surface area contributed by atoms with Crippen molar-refractivity contribution in [1.82, 2.24) is 14.6 Å². The summed E-state index contributed by atoms with van der Waals surface area (Å²) in [6.45, 7) is 1.96. The fraction of sp³-hybridized carbons (Fsp3) is 0.318. The SMILES string of the molecule is CCS(=O)(=O)N[C@H]1CC2=C(C(N)=CC=NC)[C@H](c3ccc(F)cc3Cl)N=C(c3nccs3)N2C1. The molecule has 2 aliphatic rings. The van der Waals surface area contributed by atoms with Crippen LogP contribution in [0.25, 0.3) is 0 Å². The fourth-order valence-corrected chi connectivity index (χ4v) is 5.80. The zero-order valence-electron chi connectivity index (χ0n) is 18.6. The normalized spacial score (nSPS) is 21.4. The van der Waals surface area contributed by atoms with Gasteiger partial charge in [-0.15, -0.1) is 11.3 Å². The number of nitrogens with zero attached hydrogens (tertiary/aromatic N) is 4. The number of aliphatic imine (C=N–C) groups is 2. The number of hydrogen-bond acceptors (Lipinski definition) is 8. The van der Waals surface area contributed by atoms with E-state index in [0.717, 1.165) is 5.70 Å². The van der Waals surface area contributed by atoms with Crippen molar-refractivity contribution in [1.29, 1.82) is 0 Å². The zero-order valence-corrected chi connectivity index (χ0v) is 21.0. The molecule has 0 spiro atoms. The molecule has 180 valence electrons. The Morgan fingerprint density at radius 1 is 1.47 bits per heavy atom. The van der Waals surface area contributed by atoms with Gasteiger partial charge in [-0.25, -0.2) is 22.5 Å². The number of amidine groups is 1. The first-order valence-corrected chi connectivity index (χ1v) is 13.5. The molecule has 0 amide bonds. The molecule has 3 heterocycles. The Morgan fingerprint density at radius 2 is 2.26 bits per heavy atom. The third-order valence-electron chi connectivity index (χ3n) is 5.58. The van der Waals surface area contributed by atoms with Crippen molar-refractivity contribution in [2.24, 2.45) is 15.7 Å². The van der Waals surface area contributed by atoms with E-state index in [1.807, 2.05) is 10.3 Å². The van der Waals surface area contributed by atoms with Gasteiger partial charge in [0.15, 0.2) is 10.8 Å². The molecule has 4 rings (SSSR count). The van der Waals surface area contributed by atoms with E-state index in [1.165, 1.54) is 23.5 Å². The molecule has 1 aromatic heterocycles. The molecule has 0 saturated carbocycles. The first-order valence-electron chi connectivity index (χ1n) is 10.6. The number of halogens is 2. The minimum atomic E-state index is -3.43. The summed E-state index contributed by atoms with van der Waals surface area (Å²) in [5, 5.41) is 2.74. The summed E-state index contributed by atoms with van der Waals surface area (Å²) in [6.07, 6.45) is 5.31. The molecule has 0 radical (unpaired) electrons. The summed E-state index contributed by atoms with van der Waals surface area (Å²) in [4.78, 5) is 15.3. The molecule has 2 atom stereocenters. The number of nitrogens with two attached hydrogens (primary N) is 1. The second-order valence-corrected chi connectivity index (χ2v) is 11.1. The molecule has 1 aromatic carbocycles. The van der Waals surface area contributed by atoms with Crippen LogP contribution in [0.3, 0.4) is 0 Å². The van der Waals surface area contributed by atoms with Crippen LogP contribution in [0.5, 0.6) is 0 Å². The van der Waals surface area contributed by atoms with Gasteiger partial charge >= 0.3 is 0 Å². The lowest BCUT2D eigenvalue weighted by atomic mass is 9.92. The van der Waals surface area contributed by atoms with Gasteiger partial charge in [-0.1, -0.05) is 17.7 Å². The minimum absolute atomic E-state index is 0.0222. The van der Waals surface area contributed by atoms with Crippen molar-refractivity contribution >= 4 is 45.0 Å².